The number of hydrogen-bond donors (Lipinski definition) is 1. The third-order valence-corrected chi connectivity index (χ3v) is 9.07. The molecule has 0 fully saturated rings. The molecule has 1 unspecified atom stereocenters. The minimum Gasteiger partial charge on any atom is -0.316 e. The van der Waals surface area contributed by atoms with Crippen molar-refractivity contribution in [3.63, 3.8) is 0 Å². The predicted octanol–water partition coefficient (Wildman–Crippen LogP) is 5.67. The van der Waals surface area contributed by atoms with Crippen molar-refractivity contribution in [2.45, 2.75) is 57.5 Å². The van der Waals surface area contributed by atoms with Crippen LogP contribution >= 0.6 is 34.4 Å². The first-order chi connectivity index (χ1) is 15.5. The molecule has 0 saturated carbocycles. The number of nitrogens with one attached hydrogen (secondary N) is 1. The Morgan fingerprint density at radius 3 is 3.00 bits per heavy atom. The van der Waals surface area contributed by atoms with Gasteiger partial charge in [0.1, 0.15) is 11.1 Å². The number of nitriles is 1. The fraction of sp³-hybridized carbons (Fsp3) is 0.478. The van der Waals surface area contributed by atoms with Crippen LogP contribution in [0.3, 0.4) is 0 Å². The van der Waals surface area contributed by atoms with Crippen molar-refractivity contribution in [1.29, 1.82) is 5.26 Å². The van der Waals surface area contributed by atoms with Gasteiger partial charge in [0.15, 0.2) is 11.0 Å². The van der Waals surface area contributed by atoms with Gasteiger partial charge in [-0.2, -0.15) is 5.26 Å². The Kier molecular flexibility index (Phi) is 7.33. The predicted molar refractivity (Wildman–Crippen MR) is 133 cm³/mol. The topological polar surface area (TPSA) is 83.6 Å². The van der Waals surface area contributed by atoms with Crippen LogP contribution in [0.4, 0.5) is 5.00 Å². The SMILES string of the molecule is CCCc1cc(-c2nnc(SCC(=O)Nc3sc4c(c3C#N)CCC(CC)C4)n2C)cs1. The van der Waals surface area contributed by atoms with Crippen LogP contribution in [0.5, 0.6) is 0 Å². The first-order valence-electron chi connectivity index (χ1n) is 11.0. The van der Waals surface area contributed by atoms with Gasteiger partial charge >= 0.3 is 0 Å². The van der Waals surface area contributed by atoms with Crippen molar-refractivity contribution in [3.05, 3.63) is 32.3 Å². The molecule has 3 aromatic heterocycles. The summed E-state index contributed by atoms with van der Waals surface area (Å²) in [6, 6.07) is 4.49. The fourth-order valence-electron chi connectivity index (χ4n) is 4.07. The van der Waals surface area contributed by atoms with Crippen LogP contribution in [0.1, 0.15) is 54.0 Å². The molecular weight excluding hydrogens is 458 g/mol. The molecule has 3 aromatic rings. The van der Waals surface area contributed by atoms with E-state index in [9.17, 15) is 10.1 Å². The van der Waals surface area contributed by atoms with E-state index < -0.39 is 0 Å². The maximum absolute atomic E-state index is 12.7. The van der Waals surface area contributed by atoms with Gasteiger partial charge in [-0.05, 0) is 43.2 Å². The highest BCUT2D eigenvalue weighted by molar-refractivity contribution is 7.99. The van der Waals surface area contributed by atoms with Crippen LogP contribution in [0, 0.1) is 17.2 Å². The van der Waals surface area contributed by atoms with E-state index in [4.69, 9.17) is 0 Å². The quantitative estimate of drug-likeness (QED) is 0.415. The van der Waals surface area contributed by atoms with Gasteiger partial charge in [-0.25, -0.2) is 0 Å². The van der Waals surface area contributed by atoms with Crippen LogP contribution in [0.25, 0.3) is 11.4 Å². The molecule has 168 valence electrons. The number of thiophene rings is 2. The fourth-order valence-corrected chi connectivity index (χ4v) is 7.08. The lowest BCUT2D eigenvalue weighted by Gasteiger charge is -2.20. The number of amides is 1. The molecule has 3 heterocycles. The molecule has 1 aliphatic rings. The Morgan fingerprint density at radius 2 is 2.25 bits per heavy atom. The highest BCUT2D eigenvalue weighted by Crippen LogP contribution is 2.40. The summed E-state index contributed by atoms with van der Waals surface area (Å²) in [4.78, 5) is 15.3. The zero-order chi connectivity index (χ0) is 22.7. The van der Waals surface area contributed by atoms with E-state index in [1.54, 1.807) is 22.7 Å². The number of thioether (sulfide) groups is 1. The lowest BCUT2D eigenvalue weighted by atomic mass is 9.86. The molecule has 6 nitrogen and oxygen atoms in total. The third kappa shape index (κ3) is 4.77. The molecule has 0 radical (unpaired) electrons. The van der Waals surface area contributed by atoms with Crippen molar-refractivity contribution in [2.75, 3.05) is 11.1 Å². The number of rotatable bonds is 8. The molecule has 1 N–H and O–H groups in total. The third-order valence-electron chi connectivity index (χ3n) is 5.89. The lowest BCUT2D eigenvalue weighted by molar-refractivity contribution is -0.113. The molecule has 0 saturated heterocycles. The first kappa shape index (κ1) is 23.0. The smallest absolute Gasteiger partial charge is 0.235 e. The van der Waals surface area contributed by atoms with Crippen LogP contribution in [0.15, 0.2) is 16.6 Å². The summed E-state index contributed by atoms with van der Waals surface area (Å²) in [7, 11) is 1.93. The van der Waals surface area contributed by atoms with Gasteiger partial charge in [0.25, 0.3) is 0 Å². The summed E-state index contributed by atoms with van der Waals surface area (Å²) >= 11 is 4.68. The highest BCUT2D eigenvalue weighted by atomic mass is 32.2. The average molecular weight is 486 g/mol. The van der Waals surface area contributed by atoms with Gasteiger partial charge in [0.05, 0.1) is 11.3 Å². The van der Waals surface area contributed by atoms with Crippen molar-refractivity contribution in [1.82, 2.24) is 14.8 Å². The largest absolute Gasteiger partial charge is 0.316 e. The normalized spacial score (nSPS) is 15.4. The van der Waals surface area contributed by atoms with Gasteiger partial charge < -0.3 is 9.88 Å². The molecule has 1 aliphatic carbocycles. The van der Waals surface area contributed by atoms with E-state index in [0.717, 1.165) is 55.5 Å². The van der Waals surface area contributed by atoms with E-state index in [1.165, 1.54) is 21.5 Å². The summed E-state index contributed by atoms with van der Waals surface area (Å²) in [6.07, 6.45) is 6.41. The van der Waals surface area contributed by atoms with Crippen molar-refractivity contribution < 1.29 is 4.79 Å². The summed E-state index contributed by atoms with van der Waals surface area (Å²) in [5, 5.41) is 24.8. The van der Waals surface area contributed by atoms with Gasteiger partial charge in [0, 0.05) is 27.7 Å². The van der Waals surface area contributed by atoms with E-state index in [1.807, 2.05) is 11.6 Å². The van der Waals surface area contributed by atoms with E-state index >= 15 is 0 Å². The average Bonchev–Trinajstić information content (AvgIpc) is 3.48. The Bertz CT molecular complexity index is 1150. The number of carbonyl (C=O) groups excluding carboxylic acids is 1. The molecule has 0 bridgehead atoms. The van der Waals surface area contributed by atoms with Crippen molar-refractivity contribution >= 4 is 45.3 Å². The van der Waals surface area contributed by atoms with Gasteiger partial charge in [-0.15, -0.1) is 32.9 Å². The monoisotopic (exact) mass is 485 g/mol. The Morgan fingerprint density at radius 1 is 1.41 bits per heavy atom. The standard InChI is InChI=1S/C23H27N5OS3/c1-4-6-16-10-15(12-30-16)21-26-27-23(28(21)3)31-13-20(29)25-22-18(11-24)17-8-7-14(5-2)9-19(17)32-22/h10,12,14H,4-9,13H2,1-3H3,(H,25,29). The molecule has 4 rings (SSSR count). The minimum atomic E-state index is -0.123. The molecule has 0 aromatic carbocycles. The summed E-state index contributed by atoms with van der Waals surface area (Å²) in [5.74, 6) is 1.59. The number of fused-ring (bicyclic) bond motifs is 1. The Balaban J connectivity index is 1.40. The molecule has 1 amide bonds. The number of hydrogen-bond acceptors (Lipinski definition) is 7. The molecule has 0 aliphatic heterocycles. The van der Waals surface area contributed by atoms with Crippen LogP contribution < -0.4 is 5.32 Å². The number of carbonyl (C=O) groups is 1. The molecule has 32 heavy (non-hydrogen) atoms. The van der Waals surface area contributed by atoms with E-state index in [0.29, 0.717) is 21.6 Å². The number of anilines is 1. The van der Waals surface area contributed by atoms with E-state index in [-0.39, 0.29) is 11.7 Å². The van der Waals surface area contributed by atoms with Crippen LogP contribution in [-0.2, 0) is 31.1 Å². The second-order valence-corrected chi connectivity index (χ2v) is 11.1. The molecular formula is C23H27N5OS3. The second-order valence-electron chi connectivity index (χ2n) is 8.09. The maximum atomic E-state index is 12.7. The van der Waals surface area contributed by atoms with Crippen molar-refractivity contribution in [3.8, 4) is 17.5 Å². The second kappa shape index (κ2) is 10.2. The number of aryl methyl sites for hydroxylation is 1. The number of aromatic nitrogens is 3. The highest BCUT2D eigenvalue weighted by Gasteiger charge is 2.26. The van der Waals surface area contributed by atoms with Crippen LogP contribution in [0.2, 0.25) is 0 Å². The lowest BCUT2D eigenvalue weighted by Crippen LogP contribution is -2.14. The minimum absolute atomic E-state index is 0.123. The van der Waals surface area contributed by atoms with Gasteiger partial charge in [0.2, 0.25) is 5.91 Å². The summed E-state index contributed by atoms with van der Waals surface area (Å²) < 4.78 is 1.94. The Labute approximate surface area is 201 Å². The van der Waals surface area contributed by atoms with Gasteiger partial charge in [-0.3, -0.25) is 4.79 Å². The van der Waals surface area contributed by atoms with Gasteiger partial charge in [-0.1, -0.05) is 38.5 Å². The summed E-state index contributed by atoms with van der Waals surface area (Å²) in [6.45, 7) is 4.39. The van der Waals surface area contributed by atoms with Crippen LogP contribution in [-0.4, -0.2) is 26.4 Å². The molecule has 9 heteroatoms. The maximum Gasteiger partial charge on any atom is 0.235 e. The molecule has 1 atom stereocenters. The molecule has 0 spiro atoms. The van der Waals surface area contributed by atoms with E-state index in [2.05, 4.69) is 46.9 Å². The summed E-state index contributed by atoms with van der Waals surface area (Å²) in [5.41, 5.74) is 2.86. The first-order valence-corrected chi connectivity index (χ1v) is 13.7. The van der Waals surface area contributed by atoms with Crippen molar-refractivity contribution in [2.24, 2.45) is 13.0 Å². The zero-order valence-electron chi connectivity index (χ0n) is 18.6. The number of nitrogens with zero attached hydrogens (tertiary/aromatic N) is 4. The zero-order valence-corrected chi connectivity index (χ0v) is 21.1. The Hall–Kier alpha value is -2.15.